The summed E-state index contributed by atoms with van der Waals surface area (Å²) < 4.78 is 51.3. The first-order valence-corrected chi connectivity index (χ1v) is 9.83. The van der Waals surface area contributed by atoms with Crippen LogP contribution >= 0.6 is 0 Å². The molecule has 0 spiro atoms. The molecule has 1 saturated carbocycles. The lowest BCUT2D eigenvalue weighted by molar-refractivity contribution is -0.141. The Morgan fingerprint density at radius 2 is 1.86 bits per heavy atom. The zero-order valence-corrected chi connectivity index (χ0v) is 16.9. The zero-order valence-electron chi connectivity index (χ0n) is 16.9. The van der Waals surface area contributed by atoms with Crippen LogP contribution in [-0.2, 0) is 11.6 Å². The maximum Gasteiger partial charge on any atom is 0.435 e. The molecule has 1 aromatic carbocycles. The number of hydrogen-bond donors (Lipinski definition) is 0. The van der Waals surface area contributed by atoms with Crippen molar-refractivity contribution in [2.75, 3.05) is 27.8 Å². The van der Waals surface area contributed by atoms with Crippen molar-refractivity contribution in [1.29, 1.82) is 0 Å². The van der Waals surface area contributed by atoms with Crippen molar-refractivity contribution in [3.05, 3.63) is 41.7 Å². The van der Waals surface area contributed by atoms with Crippen LogP contribution in [0.4, 0.5) is 13.2 Å². The topological polar surface area (TPSA) is 39.5 Å². The van der Waals surface area contributed by atoms with Crippen molar-refractivity contribution >= 4 is 0 Å². The number of aromatic nitrogens is 2. The van der Waals surface area contributed by atoms with Crippen LogP contribution < -0.4 is 9.47 Å². The standard InChI is InChI=1S/C21H26F3N3O2/c1-26-11-9-20(14-4-5-16(28-2)17(12-14)29-3)8-6-15(13-19(20)26)27-10-7-18(25-27)21(22,23)24/h4-5,7,10,12,15,19H,6,8-9,11,13H2,1-3H3/t15-,19-,20-/m0/s1. The summed E-state index contributed by atoms with van der Waals surface area (Å²) in [6, 6.07) is 7.36. The second-order valence-corrected chi connectivity index (χ2v) is 8.08. The number of rotatable bonds is 4. The van der Waals surface area contributed by atoms with Crippen LogP contribution in [-0.4, -0.2) is 48.5 Å². The van der Waals surface area contributed by atoms with Gasteiger partial charge in [-0.25, -0.2) is 0 Å². The predicted molar refractivity (Wildman–Crippen MR) is 102 cm³/mol. The third-order valence-electron chi connectivity index (χ3n) is 6.73. The highest BCUT2D eigenvalue weighted by Crippen LogP contribution is 2.52. The molecule has 1 aromatic heterocycles. The summed E-state index contributed by atoms with van der Waals surface area (Å²) in [4.78, 5) is 2.33. The molecule has 0 amide bonds. The van der Waals surface area contributed by atoms with Gasteiger partial charge in [-0.15, -0.1) is 0 Å². The van der Waals surface area contributed by atoms with Gasteiger partial charge in [-0.05, 0) is 63.0 Å². The molecule has 1 saturated heterocycles. The normalized spacial score (nSPS) is 27.7. The van der Waals surface area contributed by atoms with Gasteiger partial charge in [-0.1, -0.05) is 6.07 Å². The lowest BCUT2D eigenvalue weighted by Crippen LogP contribution is -2.46. The zero-order chi connectivity index (χ0) is 20.8. The molecule has 0 N–H and O–H groups in total. The number of fused-ring (bicyclic) bond motifs is 1. The van der Waals surface area contributed by atoms with Crippen molar-refractivity contribution in [2.24, 2.45) is 0 Å². The van der Waals surface area contributed by atoms with Crippen LogP contribution in [0.15, 0.2) is 30.5 Å². The summed E-state index contributed by atoms with van der Waals surface area (Å²) >= 11 is 0. The summed E-state index contributed by atoms with van der Waals surface area (Å²) in [5.74, 6) is 1.40. The van der Waals surface area contributed by atoms with E-state index in [0.717, 1.165) is 38.3 Å². The van der Waals surface area contributed by atoms with E-state index in [9.17, 15) is 13.2 Å². The highest BCUT2D eigenvalue weighted by molar-refractivity contribution is 5.46. The van der Waals surface area contributed by atoms with Crippen molar-refractivity contribution in [3.63, 3.8) is 0 Å². The molecule has 8 heteroatoms. The van der Waals surface area contributed by atoms with E-state index in [1.165, 1.54) is 16.4 Å². The quantitative estimate of drug-likeness (QED) is 0.756. The molecule has 1 aliphatic heterocycles. The minimum absolute atomic E-state index is 0.0369. The Bertz CT molecular complexity index is 882. The fraction of sp³-hybridized carbons (Fsp3) is 0.571. The molecule has 2 aromatic rings. The van der Waals surface area contributed by atoms with Crippen molar-refractivity contribution in [1.82, 2.24) is 14.7 Å². The molecule has 2 aliphatic rings. The predicted octanol–water partition coefficient (Wildman–Crippen LogP) is 4.29. The van der Waals surface area contributed by atoms with Crippen LogP contribution in [0.1, 0.15) is 43.0 Å². The number of halogens is 3. The monoisotopic (exact) mass is 409 g/mol. The van der Waals surface area contributed by atoms with E-state index in [4.69, 9.17) is 9.47 Å². The van der Waals surface area contributed by atoms with Gasteiger partial charge in [0.15, 0.2) is 17.2 Å². The van der Waals surface area contributed by atoms with Gasteiger partial charge in [0.1, 0.15) is 0 Å². The Labute approximate surface area is 168 Å². The lowest BCUT2D eigenvalue weighted by Gasteiger charge is -2.44. The fourth-order valence-corrected chi connectivity index (χ4v) is 5.18. The Morgan fingerprint density at radius 3 is 2.52 bits per heavy atom. The molecule has 0 radical (unpaired) electrons. The molecule has 158 valence electrons. The van der Waals surface area contributed by atoms with E-state index in [2.05, 4.69) is 29.2 Å². The van der Waals surface area contributed by atoms with Crippen LogP contribution in [0.2, 0.25) is 0 Å². The highest BCUT2D eigenvalue weighted by atomic mass is 19.4. The highest BCUT2D eigenvalue weighted by Gasteiger charge is 2.51. The maximum atomic E-state index is 13.0. The Kier molecular flexibility index (Phi) is 5.01. The molecule has 2 heterocycles. The molecule has 3 atom stereocenters. The first-order chi connectivity index (χ1) is 13.8. The number of nitrogens with zero attached hydrogens (tertiary/aromatic N) is 3. The molecule has 1 aliphatic carbocycles. The molecule has 4 rings (SSSR count). The van der Waals surface area contributed by atoms with E-state index in [1.54, 1.807) is 14.2 Å². The SMILES string of the molecule is COc1ccc([C@@]23CC[C@H](n4ccc(C(F)(F)F)n4)C[C@@H]2N(C)CC3)cc1OC. The minimum Gasteiger partial charge on any atom is -0.493 e. The Morgan fingerprint density at radius 1 is 1.10 bits per heavy atom. The van der Waals surface area contributed by atoms with Crippen molar-refractivity contribution < 1.29 is 22.6 Å². The summed E-state index contributed by atoms with van der Waals surface area (Å²) in [5.41, 5.74) is 0.346. The second-order valence-electron chi connectivity index (χ2n) is 8.08. The number of alkyl halides is 3. The molecule has 5 nitrogen and oxygen atoms in total. The average molecular weight is 409 g/mol. The van der Waals surface area contributed by atoms with Crippen LogP contribution in [0.25, 0.3) is 0 Å². The summed E-state index contributed by atoms with van der Waals surface area (Å²) in [7, 11) is 5.34. The summed E-state index contributed by atoms with van der Waals surface area (Å²) in [6.45, 7) is 0.957. The van der Waals surface area contributed by atoms with E-state index in [0.29, 0.717) is 11.5 Å². The van der Waals surface area contributed by atoms with Crippen molar-refractivity contribution in [3.8, 4) is 11.5 Å². The van der Waals surface area contributed by atoms with Gasteiger partial charge in [0.2, 0.25) is 0 Å². The molecule has 2 fully saturated rings. The van der Waals surface area contributed by atoms with Gasteiger partial charge in [-0.2, -0.15) is 18.3 Å². The van der Waals surface area contributed by atoms with Crippen LogP contribution in [0, 0.1) is 0 Å². The third kappa shape index (κ3) is 3.37. The van der Waals surface area contributed by atoms with Gasteiger partial charge in [0.05, 0.1) is 20.3 Å². The number of hydrogen-bond acceptors (Lipinski definition) is 4. The largest absolute Gasteiger partial charge is 0.493 e. The van der Waals surface area contributed by atoms with Crippen LogP contribution in [0.3, 0.4) is 0 Å². The van der Waals surface area contributed by atoms with Gasteiger partial charge < -0.3 is 14.4 Å². The molecule has 29 heavy (non-hydrogen) atoms. The van der Waals surface area contributed by atoms with E-state index in [1.807, 2.05) is 6.07 Å². The van der Waals surface area contributed by atoms with E-state index < -0.39 is 11.9 Å². The number of likely N-dealkylation sites (tertiary alicyclic amines) is 1. The third-order valence-corrected chi connectivity index (χ3v) is 6.73. The summed E-state index contributed by atoms with van der Waals surface area (Å²) in [6.07, 6.45) is 0.521. The van der Waals surface area contributed by atoms with Crippen LogP contribution in [0.5, 0.6) is 11.5 Å². The average Bonchev–Trinajstić information content (AvgIpc) is 3.33. The van der Waals surface area contributed by atoms with Crippen molar-refractivity contribution in [2.45, 2.75) is 49.4 Å². The second kappa shape index (κ2) is 7.23. The smallest absolute Gasteiger partial charge is 0.435 e. The van der Waals surface area contributed by atoms with E-state index in [-0.39, 0.29) is 17.5 Å². The number of ether oxygens (including phenoxy) is 2. The Balaban J connectivity index is 1.63. The number of methoxy groups -OCH3 is 2. The lowest BCUT2D eigenvalue weighted by atomic mass is 9.65. The Hall–Kier alpha value is -2.22. The molecular formula is C21H26F3N3O2. The maximum absolute atomic E-state index is 13.0. The van der Waals surface area contributed by atoms with Gasteiger partial charge in [0.25, 0.3) is 0 Å². The molecule has 0 unspecified atom stereocenters. The summed E-state index contributed by atoms with van der Waals surface area (Å²) in [5, 5.41) is 3.83. The van der Waals surface area contributed by atoms with E-state index >= 15 is 0 Å². The number of likely N-dealkylation sites (N-methyl/N-ethyl adjacent to an activating group) is 1. The minimum atomic E-state index is -4.41. The van der Waals surface area contributed by atoms with Gasteiger partial charge in [-0.3, -0.25) is 4.68 Å². The first-order valence-electron chi connectivity index (χ1n) is 9.83. The van der Waals surface area contributed by atoms with Gasteiger partial charge >= 0.3 is 6.18 Å². The molecular weight excluding hydrogens is 383 g/mol. The first kappa shape index (κ1) is 20.1. The fourth-order valence-electron chi connectivity index (χ4n) is 5.18. The van der Waals surface area contributed by atoms with Gasteiger partial charge in [0, 0.05) is 17.7 Å². The number of benzene rings is 1. The molecule has 0 bridgehead atoms.